The van der Waals surface area contributed by atoms with Crippen LogP contribution in [0.4, 0.5) is 0 Å². The molecule has 0 bridgehead atoms. The fourth-order valence-corrected chi connectivity index (χ4v) is 2.43. The molecule has 1 unspecified atom stereocenters. The number of rotatable bonds is 6. The third-order valence-electron chi connectivity index (χ3n) is 3.42. The summed E-state index contributed by atoms with van der Waals surface area (Å²) in [4.78, 5) is 6.41. The van der Waals surface area contributed by atoms with E-state index in [4.69, 9.17) is 0 Å². The normalized spacial score (nSPS) is 23.5. The van der Waals surface area contributed by atoms with Crippen LogP contribution in [-0.2, 0) is 0 Å². The molecule has 0 aromatic carbocycles. The van der Waals surface area contributed by atoms with Gasteiger partial charge in [-0.3, -0.25) is 0 Å². The first-order valence-electron chi connectivity index (χ1n) is 6.52. The second-order valence-electron chi connectivity index (χ2n) is 4.91. The van der Waals surface area contributed by atoms with Crippen molar-refractivity contribution in [2.45, 2.75) is 32.6 Å². The third kappa shape index (κ3) is 2.69. The second-order valence-corrected chi connectivity index (χ2v) is 4.91. The van der Waals surface area contributed by atoms with Crippen LogP contribution in [0.2, 0.25) is 0 Å². The van der Waals surface area contributed by atoms with Gasteiger partial charge in [-0.15, -0.1) is 0 Å². The van der Waals surface area contributed by atoms with Gasteiger partial charge < -0.3 is 4.90 Å². The summed E-state index contributed by atoms with van der Waals surface area (Å²) < 4.78 is 3.06. The predicted molar refractivity (Wildman–Crippen MR) is 70.5 cm³/mol. The van der Waals surface area contributed by atoms with Crippen molar-refractivity contribution in [2.75, 3.05) is 20.3 Å². The number of nitrogens with zero attached hydrogens (tertiary/aromatic N) is 4. The van der Waals surface area contributed by atoms with Gasteiger partial charge in [-0.05, 0) is 12.8 Å². The van der Waals surface area contributed by atoms with Crippen molar-refractivity contribution in [1.29, 1.82) is 0 Å². The molecule has 1 aromatic rings. The molecule has 0 radical (unpaired) electrons. The highest BCUT2D eigenvalue weighted by Crippen LogP contribution is 2.17. The molecule has 0 N–H and O–H groups in total. The molecule has 0 fully saturated rings. The number of aromatic nitrogens is 2. The zero-order valence-electron chi connectivity index (χ0n) is 10.9. The Balaban J connectivity index is 2.02. The molecular formula is C13H23N4+. The zero-order valence-corrected chi connectivity index (χ0v) is 10.9. The Morgan fingerprint density at radius 1 is 1.29 bits per heavy atom. The van der Waals surface area contributed by atoms with Crippen LogP contribution in [0.15, 0.2) is 31.1 Å². The van der Waals surface area contributed by atoms with E-state index in [1.807, 2.05) is 12.5 Å². The van der Waals surface area contributed by atoms with Crippen molar-refractivity contribution in [1.82, 2.24) is 19.2 Å². The van der Waals surface area contributed by atoms with Gasteiger partial charge in [-0.25, -0.2) is 4.98 Å². The van der Waals surface area contributed by atoms with Gasteiger partial charge >= 0.3 is 0 Å². The number of imidazole rings is 1. The maximum absolute atomic E-state index is 4.18. The fourth-order valence-electron chi connectivity index (χ4n) is 2.43. The Bertz CT molecular complexity index is 358. The number of hydrogen-bond acceptors (Lipinski definition) is 2. The highest BCUT2D eigenvalue weighted by atomic mass is 15.7. The number of quaternary nitrogens is 1. The van der Waals surface area contributed by atoms with E-state index in [-0.39, 0.29) is 0 Å². The molecule has 0 saturated heterocycles. The lowest BCUT2D eigenvalue weighted by molar-refractivity contribution is 0.156. The second kappa shape index (κ2) is 5.36. The molecule has 2 rings (SSSR count). The van der Waals surface area contributed by atoms with Crippen LogP contribution in [0.5, 0.6) is 0 Å². The van der Waals surface area contributed by atoms with E-state index in [2.05, 4.69) is 47.1 Å². The summed E-state index contributed by atoms with van der Waals surface area (Å²) in [6, 6.07) is 0. The Morgan fingerprint density at radius 3 is 2.76 bits per heavy atom. The summed E-state index contributed by atoms with van der Waals surface area (Å²) in [6.07, 6.45) is 15.5. The molecule has 4 nitrogen and oxygen atoms in total. The van der Waals surface area contributed by atoms with Gasteiger partial charge in [0.15, 0.2) is 6.67 Å². The topological polar surface area (TPSA) is 21.1 Å². The molecule has 1 atom stereocenters. The average Bonchev–Trinajstić information content (AvgIpc) is 2.95. The van der Waals surface area contributed by atoms with Crippen molar-refractivity contribution >= 4 is 0 Å². The third-order valence-corrected chi connectivity index (χ3v) is 3.42. The highest BCUT2D eigenvalue weighted by Gasteiger charge is 2.32. The average molecular weight is 235 g/mol. The summed E-state index contributed by atoms with van der Waals surface area (Å²) in [5.41, 5.74) is 0. The first kappa shape index (κ1) is 12.2. The van der Waals surface area contributed by atoms with Crippen LogP contribution in [0.3, 0.4) is 0 Å². The molecule has 94 valence electrons. The van der Waals surface area contributed by atoms with Crippen molar-refractivity contribution in [3.8, 4) is 0 Å². The van der Waals surface area contributed by atoms with Crippen LogP contribution in [0.25, 0.3) is 0 Å². The molecule has 0 spiro atoms. The molecule has 1 aromatic heterocycles. The van der Waals surface area contributed by atoms with E-state index in [0.717, 1.165) is 17.8 Å². The van der Waals surface area contributed by atoms with E-state index in [1.54, 1.807) is 0 Å². The minimum atomic E-state index is 0.861. The summed E-state index contributed by atoms with van der Waals surface area (Å²) >= 11 is 0. The Kier molecular flexibility index (Phi) is 3.84. The lowest BCUT2D eigenvalue weighted by Crippen LogP contribution is -2.54. The molecule has 0 amide bonds. The van der Waals surface area contributed by atoms with Crippen LogP contribution in [-0.4, -0.2) is 34.8 Å². The Morgan fingerprint density at radius 2 is 2.18 bits per heavy atom. The molecule has 0 saturated carbocycles. The van der Waals surface area contributed by atoms with Gasteiger partial charge in [0.2, 0.25) is 0 Å². The standard InChI is InChI=1S/C13H23N4/c1-3-4-5-6-10-17(11-9-15(2)13-17)16-8-7-14-12-16/h7-9,11-12H,3-6,10,13H2,1-2H3/q+1. The van der Waals surface area contributed by atoms with Crippen molar-refractivity contribution in [2.24, 2.45) is 0 Å². The molecule has 1 aliphatic rings. The minimum absolute atomic E-state index is 0.861. The van der Waals surface area contributed by atoms with Crippen LogP contribution in [0.1, 0.15) is 32.6 Å². The first-order chi connectivity index (χ1) is 8.27. The molecule has 1 aliphatic heterocycles. The molecule has 0 aliphatic carbocycles. The Labute approximate surface area is 104 Å². The summed E-state index contributed by atoms with van der Waals surface area (Å²) in [5, 5.41) is 0. The maximum atomic E-state index is 4.18. The largest absolute Gasteiger partial charge is 0.327 e. The molecule has 2 heterocycles. The summed E-state index contributed by atoms with van der Waals surface area (Å²) in [5.74, 6) is 0. The fraction of sp³-hybridized carbons (Fsp3) is 0.615. The number of unbranched alkanes of at least 4 members (excludes halogenated alkanes) is 3. The van der Waals surface area contributed by atoms with Crippen LogP contribution < -0.4 is 4.59 Å². The van der Waals surface area contributed by atoms with Crippen molar-refractivity contribution in [3.63, 3.8) is 0 Å². The highest BCUT2D eigenvalue weighted by molar-refractivity contribution is 5.04. The zero-order chi connectivity index (χ0) is 12.1. The first-order valence-corrected chi connectivity index (χ1v) is 6.52. The Hall–Kier alpha value is -1.29. The van der Waals surface area contributed by atoms with E-state index in [1.165, 1.54) is 25.7 Å². The van der Waals surface area contributed by atoms with E-state index in [0.29, 0.717) is 0 Å². The summed E-state index contributed by atoms with van der Waals surface area (Å²) in [6.45, 7) is 4.41. The van der Waals surface area contributed by atoms with Gasteiger partial charge in [-0.1, -0.05) is 19.8 Å². The van der Waals surface area contributed by atoms with Gasteiger partial charge in [-0.2, -0.15) is 9.27 Å². The van der Waals surface area contributed by atoms with Crippen molar-refractivity contribution < 1.29 is 0 Å². The predicted octanol–water partition coefficient (Wildman–Crippen LogP) is 2.28. The lowest BCUT2D eigenvalue weighted by Gasteiger charge is -2.31. The van der Waals surface area contributed by atoms with Crippen LogP contribution in [0, 0.1) is 0 Å². The van der Waals surface area contributed by atoms with Gasteiger partial charge in [0, 0.05) is 7.05 Å². The molecule has 4 heteroatoms. The lowest BCUT2D eigenvalue weighted by atomic mass is 10.2. The monoisotopic (exact) mass is 235 g/mol. The number of hydrogen-bond donors (Lipinski definition) is 0. The van der Waals surface area contributed by atoms with Gasteiger partial charge in [0.1, 0.15) is 19.1 Å². The van der Waals surface area contributed by atoms with Crippen LogP contribution >= 0.6 is 0 Å². The maximum Gasteiger partial charge on any atom is 0.181 e. The quantitative estimate of drug-likeness (QED) is 0.557. The molecular weight excluding hydrogens is 212 g/mol. The van der Waals surface area contributed by atoms with Gasteiger partial charge in [0.05, 0.1) is 18.6 Å². The van der Waals surface area contributed by atoms with E-state index >= 15 is 0 Å². The smallest absolute Gasteiger partial charge is 0.181 e. The minimum Gasteiger partial charge on any atom is -0.327 e. The van der Waals surface area contributed by atoms with Gasteiger partial charge in [0.25, 0.3) is 0 Å². The SMILES string of the molecule is CCCCCC[N+]1(n2ccnc2)C=CN(C)C1. The van der Waals surface area contributed by atoms with E-state index in [9.17, 15) is 0 Å². The van der Waals surface area contributed by atoms with E-state index < -0.39 is 0 Å². The van der Waals surface area contributed by atoms with Crippen molar-refractivity contribution in [3.05, 3.63) is 31.1 Å². The molecule has 17 heavy (non-hydrogen) atoms. The summed E-state index contributed by atoms with van der Waals surface area (Å²) in [7, 11) is 2.12.